The molecule has 94 valence electrons. The van der Waals surface area contributed by atoms with Gasteiger partial charge in [0, 0.05) is 17.1 Å². The van der Waals surface area contributed by atoms with Crippen molar-refractivity contribution in [3.63, 3.8) is 0 Å². The van der Waals surface area contributed by atoms with Gasteiger partial charge in [0.15, 0.2) is 5.78 Å². The van der Waals surface area contributed by atoms with E-state index < -0.39 is 5.97 Å². The molecule has 2 aliphatic rings. The Bertz CT molecular complexity index is 544. The van der Waals surface area contributed by atoms with Gasteiger partial charge in [0.25, 0.3) is 0 Å². The summed E-state index contributed by atoms with van der Waals surface area (Å²) in [7, 11) is 0. The Morgan fingerprint density at radius 3 is 2.72 bits per heavy atom. The number of allylic oxidation sites excluding steroid dienone is 6. The van der Waals surface area contributed by atoms with E-state index in [1.807, 2.05) is 19.9 Å². The van der Waals surface area contributed by atoms with E-state index in [-0.39, 0.29) is 17.3 Å². The summed E-state index contributed by atoms with van der Waals surface area (Å²) in [5.41, 5.74) is 3.80. The summed E-state index contributed by atoms with van der Waals surface area (Å²) in [6.07, 6.45) is 4.94. The van der Waals surface area contributed by atoms with E-state index in [9.17, 15) is 9.59 Å². The summed E-state index contributed by atoms with van der Waals surface area (Å²) in [5, 5.41) is 9.03. The molecule has 3 nitrogen and oxygen atoms in total. The van der Waals surface area contributed by atoms with Crippen LogP contribution in [-0.2, 0) is 9.59 Å². The summed E-state index contributed by atoms with van der Waals surface area (Å²) < 4.78 is 0. The lowest BCUT2D eigenvalue weighted by Gasteiger charge is -2.11. The van der Waals surface area contributed by atoms with Crippen molar-refractivity contribution < 1.29 is 14.7 Å². The van der Waals surface area contributed by atoms with Crippen molar-refractivity contribution >= 4 is 11.8 Å². The van der Waals surface area contributed by atoms with Gasteiger partial charge in [-0.05, 0) is 43.9 Å². The molecule has 1 unspecified atom stereocenters. The van der Waals surface area contributed by atoms with Gasteiger partial charge in [0.2, 0.25) is 0 Å². The van der Waals surface area contributed by atoms with Crippen LogP contribution < -0.4 is 0 Å². The number of carboxylic acids is 1. The number of hydrogen-bond donors (Lipinski definition) is 1. The number of carbonyl (C=O) groups is 2. The highest BCUT2D eigenvalue weighted by Gasteiger charge is 2.29. The zero-order chi connectivity index (χ0) is 13.4. The minimum Gasteiger partial charge on any atom is -0.478 e. The first kappa shape index (κ1) is 12.6. The van der Waals surface area contributed by atoms with Gasteiger partial charge in [0.1, 0.15) is 0 Å². The lowest BCUT2D eigenvalue weighted by molar-refractivity contribution is -0.133. The first-order valence-electron chi connectivity index (χ1n) is 5.99. The fourth-order valence-electron chi connectivity index (χ4n) is 2.55. The van der Waals surface area contributed by atoms with E-state index in [2.05, 4.69) is 6.58 Å². The van der Waals surface area contributed by atoms with Gasteiger partial charge < -0.3 is 5.11 Å². The third-order valence-corrected chi connectivity index (χ3v) is 3.64. The van der Waals surface area contributed by atoms with Crippen LogP contribution in [0.4, 0.5) is 0 Å². The molecule has 0 aliphatic heterocycles. The molecule has 3 heteroatoms. The fourth-order valence-corrected chi connectivity index (χ4v) is 2.55. The molecule has 0 radical (unpaired) electrons. The lowest BCUT2D eigenvalue weighted by Crippen LogP contribution is -2.09. The Morgan fingerprint density at radius 2 is 2.11 bits per heavy atom. The number of fused-ring (bicyclic) bond motifs is 1. The predicted octanol–water partition coefficient (Wildman–Crippen LogP) is 2.81. The molecule has 0 aromatic carbocycles. The monoisotopic (exact) mass is 244 g/mol. The predicted molar refractivity (Wildman–Crippen MR) is 69.0 cm³/mol. The minimum atomic E-state index is -0.969. The molecule has 2 rings (SSSR count). The smallest absolute Gasteiger partial charge is 0.331 e. The number of rotatable bonds is 2. The Hall–Kier alpha value is -1.90. The van der Waals surface area contributed by atoms with Crippen LogP contribution in [0.3, 0.4) is 0 Å². The van der Waals surface area contributed by atoms with Crippen molar-refractivity contribution in [3.05, 3.63) is 46.6 Å². The van der Waals surface area contributed by atoms with Gasteiger partial charge in [-0.15, -0.1) is 0 Å². The Labute approximate surface area is 106 Å². The molecule has 1 N–H and O–H groups in total. The minimum absolute atomic E-state index is 0.0397. The molecule has 0 spiro atoms. The summed E-state index contributed by atoms with van der Waals surface area (Å²) >= 11 is 0. The normalized spacial score (nSPS) is 23.2. The van der Waals surface area contributed by atoms with Crippen LogP contribution in [0, 0.1) is 5.92 Å². The third-order valence-electron chi connectivity index (χ3n) is 3.64. The van der Waals surface area contributed by atoms with Gasteiger partial charge in [-0.1, -0.05) is 18.2 Å². The number of aliphatic carboxylic acids is 1. The van der Waals surface area contributed by atoms with Crippen LogP contribution in [0.2, 0.25) is 0 Å². The Morgan fingerprint density at radius 1 is 1.44 bits per heavy atom. The Balaban J connectivity index is 2.45. The van der Waals surface area contributed by atoms with E-state index in [4.69, 9.17) is 5.11 Å². The highest BCUT2D eigenvalue weighted by Crippen LogP contribution is 2.37. The average molecular weight is 244 g/mol. The summed E-state index contributed by atoms with van der Waals surface area (Å²) in [6, 6.07) is 0. The van der Waals surface area contributed by atoms with E-state index in [1.165, 1.54) is 0 Å². The van der Waals surface area contributed by atoms with Crippen molar-refractivity contribution in [3.8, 4) is 0 Å². The molecule has 1 atom stereocenters. The van der Waals surface area contributed by atoms with Crippen LogP contribution in [0.25, 0.3) is 0 Å². The van der Waals surface area contributed by atoms with Gasteiger partial charge in [-0.2, -0.15) is 0 Å². The zero-order valence-electron chi connectivity index (χ0n) is 10.6. The molecule has 18 heavy (non-hydrogen) atoms. The van der Waals surface area contributed by atoms with Crippen molar-refractivity contribution in [2.75, 3.05) is 0 Å². The molecule has 0 saturated carbocycles. The van der Waals surface area contributed by atoms with Gasteiger partial charge in [0.05, 0.1) is 0 Å². The first-order chi connectivity index (χ1) is 8.41. The molecular weight excluding hydrogens is 228 g/mol. The number of carbonyl (C=O) groups excluding carboxylic acids is 1. The fraction of sp³-hybridized carbons (Fsp3) is 0.333. The highest BCUT2D eigenvalue weighted by atomic mass is 16.4. The van der Waals surface area contributed by atoms with Crippen molar-refractivity contribution in [1.29, 1.82) is 0 Å². The summed E-state index contributed by atoms with van der Waals surface area (Å²) in [4.78, 5) is 22.9. The van der Waals surface area contributed by atoms with E-state index in [0.29, 0.717) is 6.42 Å². The first-order valence-corrected chi connectivity index (χ1v) is 5.99. The topological polar surface area (TPSA) is 54.4 Å². The molecule has 0 fully saturated rings. The second-order valence-electron chi connectivity index (χ2n) is 4.90. The second kappa shape index (κ2) is 4.41. The van der Waals surface area contributed by atoms with Crippen molar-refractivity contribution in [1.82, 2.24) is 0 Å². The van der Waals surface area contributed by atoms with Crippen LogP contribution >= 0.6 is 0 Å². The number of carboxylic acid groups (broad SMARTS) is 1. The lowest BCUT2D eigenvalue weighted by atomic mass is 9.93. The largest absolute Gasteiger partial charge is 0.478 e. The standard InChI is InChI=1S/C15H16O3/c1-8-4-5-11(10(3)15(17)18)7-12-9(2)6-13(16)14(8)12/h6-7,11H,3-5H2,1-2H3,(H,17,18). The van der Waals surface area contributed by atoms with E-state index in [0.717, 1.165) is 28.7 Å². The number of ketones is 1. The number of hydrogen-bond acceptors (Lipinski definition) is 2. The quantitative estimate of drug-likeness (QED) is 0.760. The molecule has 0 amide bonds. The molecular formula is C15H16O3. The molecule has 0 bridgehead atoms. The summed E-state index contributed by atoms with van der Waals surface area (Å²) in [6.45, 7) is 7.46. The molecule has 0 aromatic rings. The third kappa shape index (κ3) is 1.96. The molecule has 2 aliphatic carbocycles. The van der Waals surface area contributed by atoms with Crippen LogP contribution in [-0.4, -0.2) is 16.9 Å². The molecule has 0 heterocycles. The highest BCUT2D eigenvalue weighted by molar-refractivity contribution is 6.13. The summed E-state index contributed by atoms with van der Waals surface area (Å²) in [5.74, 6) is -1.12. The van der Waals surface area contributed by atoms with Crippen LogP contribution in [0.1, 0.15) is 26.7 Å². The average Bonchev–Trinajstić information content (AvgIpc) is 2.48. The maximum Gasteiger partial charge on any atom is 0.331 e. The maximum atomic E-state index is 11.9. The van der Waals surface area contributed by atoms with Crippen molar-refractivity contribution in [2.45, 2.75) is 26.7 Å². The SMILES string of the molecule is C=C(C(=O)O)C1C=C2C(C)=CC(=O)C2=C(C)CC1. The van der Waals surface area contributed by atoms with Crippen LogP contribution in [0.5, 0.6) is 0 Å². The van der Waals surface area contributed by atoms with Crippen LogP contribution in [0.15, 0.2) is 46.6 Å². The van der Waals surface area contributed by atoms with E-state index in [1.54, 1.807) is 6.08 Å². The zero-order valence-corrected chi connectivity index (χ0v) is 10.6. The maximum absolute atomic E-state index is 11.9. The van der Waals surface area contributed by atoms with Crippen molar-refractivity contribution in [2.24, 2.45) is 5.92 Å². The van der Waals surface area contributed by atoms with Gasteiger partial charge in [-0.3, -0.25) is 4.79 Å². The van der Waals surface area contributed by atoms with Gasteiger partial charge >= 0.3 is 5.97 Å². The molecule has 0 saturated heterocycles. The molecule has 0 aromatic heterocycles. The van der Waals surface area contributed by atoms with Gasteiger partial charge in [-0.25, -0.2) is 4.79 Å². The Kier molecular flexibility index (Phi) is 3.07. The van der Waals surface area contributed by atoms with E-state index >= 15 is 0 Å². The second-order valence-corrected chi connectivity index (χ2v) is 4.90.